The standard InChI is InChI=1S/C22H19FN4O4S/c1-12-18-15(24-26-21(29)17-6-3-11-32-17)4-2-5-16(18)31-19(12)22(30)27-25-20(28)13-7-9-14(23)10-8-13/h3,6-11H,2,4-5H2,1H3,(H,25,28)(H,26,29)(H,27,30)/b24-15+. The van der Waals surface area contributed by atoms with Crippen LogP contribution in [0.25, 0.3) is 0 Å². The van der Waals surface area contributed by atoms with Crippen molar-refractivity contribution in [1.82, 2.24) is 16.3 Å². The molecule has 2 aromatic heterocycles. The van der Waals surface area contributed by atoms with E-state index in [4.69, 9.17) is 4.42 Å². The van der Waals surface area contributed by atoms with Gasteiger partial charge in [-0.2, -0.15) is 5.10 Å². The van der Waals surface area contributed by atoms with E-state index in [2.05, 4.69) is 21.4 Å². The predicted octanol–water partition coefficient (Wildman–Crippen LogP) is 3.33. The van der Waals surface area contributed by atoms with Gasteiger partial charge in [0.2, 0.25) is 0 Å². The molecule has 3 aromatic rings. The highest BCUT2D eigenvalue weighted by atomic mass is 32.1. The Kier molecular flexibility index (Phi) is 6.13. The third kappa shape index (κ3) is 4.45. The van der Waals surface area contributed by atoms with Gasteiger partial charge in [-0.1, -0.05) is 6.07 Å². The fraction of sp³-hybridized carbons (Fsp3) is 0.182. The lowest BCUT2D eigenvalue weighted by molar-refractivity contribution is 0.0829. The smallest absolute Gasteiger partial charge is 0.305 e. The molecule has 4 rings (SSSR count). The summed E-state index contributed by atoms with van der Waals surface area (Å²) in [6.45, 7) is 1.72. The number of nitrogens with zero attached hydrogens (tertiary/aromatic N) is 1. The number of aryl methyl sites for hydroxylation is 1. The Morgan fingerprint density at radius 1 is 1.03 bits per heavy atom. The largest absolute Gasteiger partial charge is 0.455 e. The number of nitrogens with one attached hydrogen (secondary N) is 3. The van der Waals surface area contributed by atoms with Crippen molar-refractivity contribution >= 4 is 34.8 Å². The average Bonchev–Trinajstić information content (AvgIpc) is 3.45. The molecule has 0 fully saturated rings. The molecule has 0 spiro atoms. The van der Waals surface area contributed by atoms with Crippen LogP contribution in [0.15, 0.2) is 51.3 Å². The third-order valence-corrected chi connectivity index (χ3v) is 5.83. The van der Waals surface area contributed by atoms with E-state index in [1.54, 1.807) is 24.4 Å². The molecular weight excluding hydrogens is 435 g/mol. The lowest BCUT2D eigenvalue weighted by atomic mass is 9.93. The van der Waals surface area contributed by atoms with Crippen molar-refractivity contribution in [2.45, 2.75) is 26.2 Å². The van der Waals surface area contributed by atoms with Gasteiger partial charge in [0.25, 0.3) is 11.8 Å². The van der Waals surface area contributed by atoms with Crippen molar-refractivity contribution < 1.29 is 23.2 Å². The van der Waals surface area contributed by atoms with Gasteiger partial charge < -0.3 is 4.42 Å². The number of furan rings is 1. The van der Waals surface area contributed by atoms with Crippen molar-refractivity contribution in [2.75, 3.05) is 0 Å². The van der Waals surface area contributed by atoms with Crippen molar-refractivity contribution in [3.8, 4) is 0 Å². The van der Waals surface area contributed by atoms with Crippen LogP contribution >= 0.6 is 11.3 Å². The summed E-state index contributed by atoms with van der Waals surface area (Å²) < 4.78 is 18.8. The molecule has 10 heteroatoms. The summed E-state index contributed by atoms with van der Waals surface area (Å²) in [5.41, 5.74) is 9.24. The summed E-state index contributed by atoms with van der Waals surface area (Å²) in [5.74, 6) is -1.34. The first-order valence-electron chi connectivity index (χ1n) is 9.83. The van der Waals surface area contributed by atoms with Crippen molar-refractivity contribution in [1.29, 1.82) is 0 Å². The van der Waals surface area contributed by atoms with Gasteiger partial charge >= 0.3 is 5.91 Å². The number of benzene rings is 1. The summed E-state index contributed by atoms with van der Waals surface area (Å²) in [5, 5.41) is 6.07. The van der Waals surface area contributed by atoms with Crippen LogP contribution in [0.1, 0.15) is 60.3 Å². The van der Waals surface area contributed by atoms with Gasteiger partial charge in [0.05, 0.1) is 10.6 Å². The normalized spacial score (nSPS) is 14.0. The van der Waals surface area contributed by atoms with Crippen molar-refractivity contribution in [3.63, 3.8) is 0 Å². The monoisotopic (exact) mass is 454 g/mol. The molecule has 32 heavy (non-hydrogen) atoms. The number of hydrazone groups is 1. The minimum atomic E-state index is -0.630. The second-order valence-electron chi connectivity index (χ2n) is 7.10. The number of amides is 3. The highest BCUT2D eigenvalue weighted by molar-refractivity contribution is 7.12. The van der Waals surface area contributed by atoms with Crippen LogP contribution in [0.2, 0.25) is 0 Å². The van der Waals surface area contributed by atoms with E-state index in [0.717, 1.165) is 18.6 Å². The molecule has 3 N–H and O–H groups in total. The highest BCUT2D eigenvalue weighted by Gasteiger charge is 2.28. The maximum absolute atomic E-state index is 13.0. The van der Waals surface area contributed by atoms with E-state index < -0.39 is 17.6 Å². The maximum atomic E-state index is 13.0. The van der Waals surface area contributed by atoms with Crippen molar-refractivity contribution in [3.05, 3.63) is 80.7 Å². The van der Waals surface area contributed by atoms with Crippen LogP contribution in [-0.4, -0.2) is 23.4 Å². The fourth-order valence-electron chi connectivity index (χ4n) is 3.42. The molecule has 1 aliphatic rings. The maximum Gasteiger partial charge on any atom is 0.305 e. The molecule has 0 aliphatic heterocycles. The Bertz CT molecular complexity index is 1200. The predicted molar refractivity (Wildman–Crippen MR) is 116 cm³/mol. The minimum Gasteiger partial charge on any atom is -0.455 e. The summed E-state index contributed by atoms with van der Waals surface area (Å²) in [7, 11) is 0. The number of rotatable bonds is 4. The summed E-state index contributed by atoms with van der Waals surface area (Å²) >= 11 is 1.32. The van der Waals surface area contributed by atoms with Gasteiger partial charge in [0, 0.05) is 23.1 Å². The number of hydrogen-bond acceptors (Lipinski definition) is 6. The summed E-state index contributed by atoms with van der Waals surface area (Å²) in [6, 6.07) is 8.41. The zero-order chi connectivity index (χ0) is 22.7. The minimum absolute atomic E-state index is 0.0496. The molecule has 0 saturated heterocycles. The van der Waals surface area contributed by atoms with Crippen LogP contribution in [0.5, 0.6) is 0 Å². The molecule has 0 bridgehead atoms. The van der Waals surface area contributed by atoms with Crippen LogP contribution in [0.3, 0.4) is 0 Å². The molecule has 0 saturated carbocycles. The van der Waals surface area contributed by atoms with Gasteiger partial charge in [-0.3, -0.25) is 25.2 Å². The van der Waals surface area contributed by atoms with Crippen LogP contribution in [0.4, 0.5) is 4.39 Å². The summed E-state index contributed by atoms with van der Waals surface area (Å²) in [4.78, 5) is 37.5. The number of hydrazine groups is 1. The molecule has 0 unspecified atom stereocenters. The molecule has 3 amide bonds. The third-order valence-electron chi connectivity index (χ3n) is 4.97. The zero-order valence-electron chi connectivity index (χ0n) is 17.0. The molecule has 0 radical (unpaired) electrons. The van der Waals surface area contributed by atoms with Gasteiger partial charge in [-0.05, 0) is 55.5 Å². The van der Waals surface area contributed by atoms with Crippen LogP contribution < -0.4 is 16.3 Å². The van der Waals surface area contributed by atoms with E-state index in [-0.39, 0.29) is 17.2 Å². The SMILES string of the molecule is Cc1c(C(=O)NNC(=O)c2ccc(F)cc2)oc2c1/C(=N/NC(=O)c1cccs1)CCC2. The Hall–Kier alpha value is -3.79. The van der Waals surface area contributed by atoms with Gasteiger partial charge in [-0.15, -0.1) is 11.3 Å². The number of hydrogen-bond donors (Lipinski definition) is 3. The molecule has 164 valence electrons. The van der Waals surface area contributed by atoms with E-state index >= 15 is 0 Å². The molecule has 2 heterocycles. The first-order chi connectivity index (χ1) is 15.4. The number of carbonyl (C=O) groups is 3. The van der Waals surface area contributed by atoms with Gasteiger partial charge in [-0.25, -0.2) is 9.82 Å². The number of fused-ring (bicyclic) bond motifs is 1. The molecule has 1 aliphatic carbocycles. The van der Waals surface area contributed by atoms with Gasteiger partial charge in [0.15, 0.2) is 5.76 Å². The van der Waals surface area contributed by atoms with Crippen LogP contribution in [0, 0.1) is 12.7 Å². The Morgan fingerprint density at radius 2 is 1.78 bits per heavy atom. The molecular formula is C22H19FN4O4S. The summed E-state index contributed by atoms with van der Waals surface area (Å²) in [6.07, 6.45) is 2.01. The van der Waals surface area contributed by atoms with Gasteiger partial charge in [0.1, 0.15) is 11.6 Å². The molecule has 0 atom stereocenters. The fourth-order valence-corrected chi connectivity index (χ4v) is 4.04. The first kappa shape index (κ1) is 21.4. The Balaban J connectivity index is 1.47. The zero-order valence-corrected chi connectivity index (χ0v) is 17.8. The topological polar surface area (TPSA) is 113 Å². The van der Waals surface area contributed by atoms with E-state index in [1.165, 1.54) is 23.5 Å². The molecule has 8 nitrogen and oxygen atoms in total. The van der Waals surface area contributed by atoms with E-state index in [0.29, 0.717) is 40.3 Å². The van der Waals surface area contributed by atoms with Crippen molar-refractivity contribution in [2.24, 2.45) is 5.10 Å². The molecule has 1 aromatic carbocycles. The quantitative estimate of drug-likeness (QED) is 0.525. The average molecular weight is 454 g/mol. The lowest BCUT2D eigenvalue weighted by Crippen LogP contribution is -2.41. The first-order valence-corrected chi connectivity index (χ1v) is 10.7. The number of carbonyl (C=O) groups excluding carboxylic acids is 3. The highest BCUT2D eigenvalue weighted by Crippen LogP contribution is 2.29. The van der Waals surface area contributed by atoms with E-state index in [1.807, 2.05) is 0 Å². The Morgan fingerprint density at radius 3 is 2.50 bits per heavy atom. The number of halogens is 1. The van der Waals surface area contributed by atoms with Crippen LogP contribution in [-0.2, 0) is 6.42 Å². The van der Waals surface area contributed by atoms with E-state index in [9.17, 15) is 18.8 Å². The second kappa shape index (κ2) is 9.15. The Labute approximate surface area is 186 Å². The number of thiophene rings is 1. The second-order valence-corrected chi connectivity index (χ2v) is 8.05. The lowest BCUT2D eigenvalue weighted by Gasteiger charge is -2.13.